The highest BCUT2D eigenvalue weighted by Crippen LogP contribution is 2.24. The normalized spacial score (nSPS) is 19.1. The molecule has 1 atom stereocenters. The number of carbonyl (C=O) groups excluding carboxylic acids is 2. The molecular weight excluding hydrogens is 435 g/mol. The number of benzene rings is 1. The number of nitrogens with zero attached hydrogens (tertiary/aromatic N) is 1. The van der Waals surface area contributed by atoms with Crippen LogP contribution in [0, 0.1) is 17.1 Å². The monoisotopic (exact) mass is 466 g/mol. The van der Waals surface area contributed by atoms with E-state index in [1.807, 2.05) is 6.92 Å². The molecular formula is C25H31FN6O2. The van der Waals surface area contributed by atoms with Crippen molar-refractivity contribution >= 4 is 17.5 Å². The smallest absolute Gasteiger partial charge is 0.270 e. The van der Waals surface area contributed by atoms with E-state index < -0.39 is 5.91 Å². The van der Waals surface area contributed by atoms with Gasteiger partial charge in [0.15, 0.2) is 0 Å². The lowest BCUT2D eigenvalue weighted by atomic mass is 9.92. The second-order valence-corrected chi connectivity index (χ2v) is 8.92. The topological polar surface area (TPSA) is 113 Å². The first-order valence-corrected chi connectivity index (χ1v) is 11.7. The molecule has 3 heterocycles. The predicted octanol–water partition coefficient (Wildman–Crippen LogP) is 2.18. The van der Waals surface area contributed by atoms with Gasteiger partial charge >= 0.3 is 0 Å². The number of hydrogen-bond acceptors (Lipinski definition) is 5. The van der Waals surface area contributed by atoms with Crippen LogP contribution in [0.4, 0.5) is 4.39 Å². The Morgan fingerprint density at radius 2 is 1.91 bits per heavy atom. The van der Waals surface area contributed by atoms with Crippen molar-refractivity contribution < 1.29 is 14.0 Å². The molecule has 2 aliphatic rings. The summed E-state index contributed by atoms with van der Waals surface area (Å²) in [5, 5.41) is 18.3. The highest BCUT2D eigenvalue weighted by atomic mass is 19.1. The van der Waals surface area contributed by atoms with E-state index in [1.54, 1.807) is 35.4 Å². The van der Waals surface area contributed by atoms with Crippen LogP contribution in [0.25, 0.3) is 0 Å². The van der Waals surface area contributed by atoms with Crippen LogP contribution in [-0.4, -0.2) is 59.6 Å². The van der Waals surface area contributed by atoms with Gasteiger partial charge in [-0.25, -0.2) is 4.39 Å². The third kappa shape index (κ3) is 5.53. The van der Waals surface area contributed by atoms with Crippen molar-refractivity contribution in [1.82, 2.24) is 25.8 Å². The summed E-state index contributed by atoms with van der Waals surface area (Å²) in [4.78, 5) is 30.6. The minimum atomic E-state index is -0.427. The van der Waals surface area contributed by atoms with Gasteiger partial charge < -0.3 is 25.8 Å². The number of halogens is 1. The number of H-pyrrole nitrogens is 1. The predicted molar refractivity (Wildman–Crippen MR) is 128 cm³/mol. The molecule has 0 bridgehead atoms. The van der Waals surface area contributed by atoms with Gasteiger partial charge in [0.1, 0.15) is 17.2 Å². The summed E-state index contributed by atoms with van der Waals surface area (Å²) in [7, 11) is 0. The minimum absolute atomic E-state index is 0.0305. The number of amides is 2. The van der Waals surface area contributed by atoms with Gasteiger partial charge in [-0.15, -0.1) is 0 Å². The molecule has 2 aromatic rings. The highest BCUT2D eigenvalue weighted by molar-refractivity contribution is 6.44. The molecule has 9 heteroatoms. The molecule has 0 saturated carbocycles. The third-order valence-electron chi connectivity index (χ3n) is 6.38. The molecule has 2 amide bonds. The maximum Gasteiger partial charge on any atom is 0.270 e. The van der Waals surface area contributed by atoms with E-state index in [0.29, 0.717) is 24.4 Å². The molecule has 180 valence electrons. The van der Waals surface area contributed by atoms with E-state index in [4.69, 9.17) is 5.41 Å². The summed E-state index contributed by atoms with van der Waals surface area (Å²) < 4.78 is 13.3. The number of hydrogen-bond donors (Lipinski definition) is 5. The maximum absolute atomic E-state index is 13.3. The first kappa shape index (κ1) is 23.7. The second-order valence-electron chi connectivity index (χ2n) is 8.92. The molecule has 2 aliphatic heterocycles. The molecule has 1 aromatic carbocycles. The van der Waals surface area contributed by atoms with E-state index in [9.17, 15) is 14.0 Å². The van der Waals surface area contributed by atoms with Gasteiger partial charge in [-0.1, -0.05) is 19.1 Å². The van der Waals surface area contributed by atoms with E-state index in [2.05, 4.69) is 20.9 Å². The Labute approximate surface area is 198 Å². The summed E-state index contributed by atoms with van der Waals surface area (Å²) in [6.45, 7) is 4.68. The Balaban J connectivity index is 1.56. The Bertz CT molecular complexity index is 1060. The zero-order chi connectivity index (χ0) is 24.1. The summed E-state index contributed by atoms with van der Waals surface area (Å²) in [6, 6.07) is 9.72. The average Bonchev–Trinajstić information content (AvgIpc) is 3.38. The SMILES string of the molecule is CC1CN(C(=O)c2ccc[nH]2)CC(C(=N)C(=O)NC2CCNCC2)=C1NCc1ccc(F)cc1. The van der Waals surface area contributed by atoms with Crippen LogP contribution in [0.15, 0.2) is 53.9 Å². The summed E-state index contributed by atoms with van der Waals surface area (Å²) in [5.41, 5.74) is 2.50. The van der Waals surface area contributed by atoms with Crippen LogP contribution in [0.1, 0.15) is 35.8 Å². The van der Waals surface area contributed by atoms with Crippen molar-refractivity contribution in [2.24, 2.45) is 5.92 Å². The first-order valence-electron chi connectivity index (χ1n) is 11.7. The van der Waals surface area contributed by atoms with Gasteiger partial charge in [0.25, 0.3) is 11.8 Å². The van der Waals surface area contributed by atoms with Crippen molar-refractivity contribution in [3.05, 3.63) is 70.9 Å². The number of nitrogens with one attached hydrogen (secondary N) is 5. The third-order valence-corrected chi connectivity index (χ3v) is 6.38. The number of piperidine rings is 1. The molecule has 1 saturated heterocycles. The van der Waals surface area contributed by atoms with Crippen molar-refractivity contribution in [1.29, 1.82) is 5.41 Å². The fraction of sp³-hybridized carbons (Fsp3) is 0.400. The van der Waals surface area contributed by atoms with E-state index in [-0.39, 0.29) is 35.9 Å². The van der Waals surface area contributed by atoms with Crippen LogP contribution in [0.3, 0.4) is 0 Å². The van der Waals surface area contributed by atoms with Gasteiger partial charge in [-0.3, -0.25) is 15.0 Å². The lowest BCUT2D eigenvalue weighted by Crippen LogP contribution is -2.49. The summed E-state index contributed by atoms with van der Waals surface area (Å²) >= 11 is 0. The van der Waals surface area contributed by atoms with E-state index >= 15 is 0 Å². The van der Waals surface area contributed by atoms with Crippen LogP contribution < -0.4 is 16.0 Å². The Kier molecular flexibility index (Phi) is 7.42. The van der Waals surface area contributed by atoms with Crippen LogP contribution in [0.5, 0.6) is 0 Å². The first-order chi connectivity index (χ1) is 16.4. The molecule has 5 N–H and O–H groups in total. The van der Waals surface area contributed by atoms with Crippen LogP contribution in [-0.2, 0) is 11.3 Å². The zero-order valence-corrected chi connectivity index (χ0v) is 19.3. The van der Waals surface area contributed by atoms with Crippen molar-refractivity contribution in [2.45, 2.75) is 32.4 Å². The largest absolute Gasteiger partial charge is 0.384 e. The molecule has 1 aromatic heterocycles. The molecule has 0 aliphatic carbocycles. The zero-order valence-electron chi connectivity index (χ0n) is 19.3. The fourth-order valence-electron chi connectivity index (χ4n) is 4.50. The van der Waals surface area contributed by atoms with Gasteiger partial charge in [-0.2, -0.15) is 0 Å². The fourth-order valence-corrected chi connectivity index (χ4v) is 4.50. The number of rotatable bonds is 7. The molecule has 1 unspecified atom stereocenters. The van der Waals surface area contributed by atoms with E-state index in [0.717, 1.165) is 37.2 Å². The molecule has 34 heavy (non-hydrogen) atoms. The Morgan fingerprint density at radius 1 is 1.18 bits per heavy atom. The van der Waals surface area contributed by atoms with Gasteiger partial charge in [0.2, 0.25) is 0 Å². The lowest BCUT2D eigenvalue weighted by Gasteiger charge is -2.35. The standard InChI is InChI=1S/C25H31FN6O2/c1-16-14-32(25(34)21-3-2-10-29-21)15-20(22(27)24(33)31-19-8-11-28-12-9-19)23(16)30-13-17-4-6-18(26)7-5-17/h2-7,10,16,19,27-30H,8-9,11-15H2,1H3,(H,31,33). The Morgan fingerprint density at radius 3 is 2.59 bits per heavy atom. The second kappa shape index (κ2) is 10.6. The molecule has 0 radical (unpaired) electrons. The molecule has 1 fully saturated rings. The van der Waals surface area contributed by atoms with E-state index in [1.165, 1.54) is 12.1 Å². The minimum Gasteiger partial charge on any atom is -0.384 e. The van der Waals surface area contributed by atoms with Gasteiger partial charge in [0, 0.05) is 42.5 Å². The van der Waals surface area contributed by atoms with Crippen molar-refractivity contribution in [3.63, 3.8) is 0 Å². The quantitative estimate of drug-likeness (QED) is 0.403. The van der Waals surface area contributed by atoms with Crippen LogP contribution >= 0.6 is 0 Å². The lowest BCUT2D eigenvalue weighted by molar-refractivity contribution is -0.115. The number of aromatic amines is 1. The summed E-state index contributed by atoms with van der Waals surface area (Å²) in [5.74, 6) is -1.01. The highest BCUT2D eigenvalue weighted by Gasteiger charge is 2.33. The van der Waals surface area contributed by atoms with Crippen molar-refractivity contribution in [3.8, 4) is 0 Å². The maximum atomic E-state index is 13.3. The molecule has 8 nitrogen and oxygen atoms in total. The van der Waals surface area contributed by atoms with Gasteiger partial charge in [-0.05, 0) is 55.8 Å². The molecule has 0 spiro atoms. The van der Waals surface area contributed by atoms with Crippen LogP contribution in [0.2, 0.25) is 0 Å². The number of aromatic nitrogens is 1. The van der Waals surface area contributed by atoms with Crippen molar-refractivity contribution in [2.75, 3.05) is 26.2 Å². The summed E-state index contributed by atoms with van der Waals surface area (Å²) in [6.07, 6.45) is 3.34. The number of carbonyl (C=O) groups is 2. The average molecular weight is 467 g/mol. The Hall–Kier alpha value is -3.46. The van der Waals surface area contributed by atoms with Gasteiger partial charge in [0.05, 0.1) is 6.54 Å². The molecule has 4 rings (SSSR count).